The van der Waals surface area contributed by atoms with Gasteiger partial charge in [-0.3, -0.25) is 14.5 Å². The van der Waals surface area contributed by atoms with Gasteiger partial charge in [0.2, 0.25) is 5.91 Å². The number of rotatable bonds is 6. The van der Waals surface area contributed by atoms with Crippen molar-refractivity contribution in [1.29, 1.82) is 0 Å². The quantitative estimate of drug-likeness (QED) is 0.845. The predicted octanol–water partition coefficient (Wildman–Crippen LogP) is 3.34. The number of carbonyl (C=O) groups excluding carboxylic acids is 2. The lowest BCUT2D eigenvalue weighted by atomic mass is 10.2. The van der Waals surface area contributed by atoms with E-state index in [0.29, 0.717) is 11.4 Å². The molecule has 1 aromatic carbocycles. The van der Waals surface area contributed by atoms with E-state index < -0.39 is 0 Å². The summed E-state index contributed by atoms with van der Waals surface area (Å²) in [5.41, 5.74) is 1.28. The lowest BCUT2D eigenvalue weighted by molar-refractivity contribution is -0.120. The average Bonchev–Trinajstić information content (AvgIpc) is 3.27. The number of anilines is 2. The van der Waals surface area contributed by atoms with E-state index in [1.54, 1.807) is 30.3 Å². The summed E-state index contributed by atoms with van der Waals surface area (Å²) in [6, 6.07) is 10.3. The second kappa shape index (κ2) is 7.98. The summed E-state index contributed by atoms with van der Waals surface area (Å²) in [5.74, 6) is -0.0607. The Morgan fingerprint density at radius 3 is 2.72 bits per heavy atom. The summed E-state index contributed by atoms with van der Waals surface area (Å²) >= 11 is 0. The molecule has 2 heterocycles. The monoisotopic (exact) mass is 341 g/mol. The number of benzene rings is 1. The molecule has 1 aromatic heterocycles. The van der Waals surface area contributed by atoms with Gasteiger partial charge in [0.1, 0.15) is 0 Å². The van der Waals surface area contributed by atoms with E-state index in [1.807, 2.05) is 6.07 Å². The molecule has 6 heteroatoms. The number of likely N-dealkylation sites (tertiary alicyclic amines) is 1. The Labute approximate surface area is 147 Å². The highest BCUT2D eigenvalue weighted by Crippen LogP contribution is 2.21. The van der Waals surface area contributed by atoms with E-state index in [0.717, 1.165) is 32.4 Å². The van der Waals surface area contributed by atoms with Gasteiger partial charge in [-0.15, -0.1) is 0 Å². The fraction of sp³-hybridized carbons (Fsp3) is 0.368. The first-order valence-electron chi connectivity index (χ1n) is 8.67. The standard InChI is InChI=1S/C19H23N3O3/c1-2-10-22-11-4-8-16(22)18(23)20-14-6-3-7-15(13-14)21-19(24)17-9-5-12-25-17/h3,5-7,9,12-13,16H,2,4,8,10-11H2,1H3,(H,20,23)(H,21,24)/t16-/m0/s1. The molecule has 2 amide bonds. The second-order valence-corrected chi connectivity index (χ2v) is 6.20. The highest BCUT2D eigenvalue weighted by molar-refractivity contribution is 6.03. The SMILES string of the molecule is CCCN1CCC[C@H]1C(=O)Nc1cccc(NC(=O)c2ccco2)c1. The van der Waals surface area contributed by atoms with Gasteiger partial charge < -0.3 is 15.1 Å². The Balaban J connectivity index is 1.63. The minimum Gasteiger partial charge on any atom is -0.459 e. The maximum Gasteiger partial charge on any atom is 0.291 e. The van der Waals surface area contributed by atoms with Gasteiger partial charge >= 0.3 is 0 Å². The van der Waals surface area contributed by atoms with Crippen LogP contribution in [0.15, 0.2) is 47.1 Å². The van der Waals surface area contributed by atoms with Crippen LogP contribution >= 0.6 is 0 Å². The molecule has 0 radical (unpaired) electrons. The average molecular weight is 341 g/mol. The number of nitrogens with one attached hydrogen (secondary N) is 2. The molecule has 132 valence electrons. The van der Waals surface area contributed by atoms with Gasteiger partial charge in [0.15, 0.2) is 5.76 Å². The molecule has 0 saturated carbocycles. The normalized spacial score (nSPS) is 17.4. The fourth-order valence-corrected chi connectivity index (χ4v) is 3.18. The largest absolute Gasteiger partial charge is 0.459 e. The highest BCUT2D eigenvalue weighted by atomic mass is 16.3. The van der Waals surface area contributed by atoms with Crippen molar-refractivity contribution in [2.45, 2.75) is 32.2 Å². The van der Waals surface area contributed by atoms with Crippen molar-refractivity contribution in [3.05, 3.63) is 48.4 Å². The van der Waals surface area contributed by atoms with Crippen molar-refractivity contribution in [2.24, 2.45) is 0 Å². The van der Waals surface area contributed by atoms with Crippen LogP contribution in [0.3, 0.4) is 0 Å². The lowest BCUT2D eigenvalue weighted by Gasteiger charge is -2.23. The van der Waals surface area contributed by atoms with Crippen LogP contribution in [0.5, 0.6) is 0 Å². The van der Waals surface area contributed by atoms with Crippen LogP contribution in [0.4, 0.5) is 11.4 Å². The molecule has 0 aliphatic carbocycles. The molecule has 1 aliphatic rings. The van der Waals surface area contributed by atoms with Gasteiger partial charge in [-0.25, -0.2) is 0 Å². The van der Waals surface area contributed by atoms with E-state index in [-0.39, 0.29) is 23.6 Å². The number of hydrogen-bond acceptors (Lipinski definition) is 4. The summed E-state index contributed by atoms with van der Waals surface area (Å²) < 4.78 is 5.08. The molecule has 1 aliphatic heterocycles. The molecule has 2 N–H and O–H groups in total. The molecule has 1 atom stereocenters. The molecular weight excluding hydrogens is 318 g/mol. The molecule has 0 bridgehead atoms. The van der Waals surface area contributed by atoms with Gasteiger partial charge in [-0.1, -0.05) is 13.0 Å². The Kier molecular flexibility index (Phi) is 5.50. The van der Waals surface area contributed by atoms with Gasteiger partial charge in [-0.05, 0) is 62.7 Å². The van der Waals surface area contributed by atoms with Crippen molar-refractivity contribution < 1.29 is 14.0 Å². The summed E-state index contributed by atoms with van der Waals surface area (Å²) in [5, 5.41) is 5.73. The summed E-state index contributed by atoms with van der Waals surface area (Å²) in [4.78, 5) is 26.8. The number of furan rings is 1. The summed E-state index contributed by atoms with van der Waals surface area (Å²) in [6.07, 6.45) is 4.44. The maximum atomic E-state index is 12.6. The van der Waals surface area contributed by atoms with Crippen LogP contribution < -0.4 is 10.6 Å². The fourth-order valence-electron chi connectivity index (χ4n) is 3.18. The van der Waals surface area contributed by atoms with Gasteiger partial charge in [0, 0.05) is 11.4 Å². The Bertz CT molecular complexity index is 727. The molecule has 1 fully saturated rings. The predicted molar refractivity (Wildman–Crippen MR) is 96.6 cm³/mol. The molecule has 0 spiro atoms. The molecular formula is C19H23N3O3. The van der Waals surface area contributed by atoms with Crippen molar-refractivity contribution >= 4 is 23.2 Å². The van der Waals surface area contributed by atoms with Crippen LogP contribution in [0.2, 0.25) is 0 Å². The van der Waals surface area contributed by atoms with Gasteiger partial charge in [0.05, 0.1) is 12.3 Å². The van der Waals surface area contributed by atoms with Crippen LogP contribution in [-0.4, -0.2) is 35.8 Å². The number of carbonyl (C=O) groups is 2. The highest BCUT2D eigenvalue weighted by Gasteiger charge is 2.29. The first-order valence-corrected chi connectivity index (χ1v) is 8.67. The minimum absolute atomic E-state index is 0.0143. The first-order chi connectivity index (χ1) is 12.2. The van der Waals surface area contributed by atoms with Crippen LogP contribution in [0, 0.1) is 0 Å². The van der Waals surface area contributed by atoms with Crippen LogP contribution in [0.1, 0.15) is 36.7 Å². The molecule has 6 nitrogen and oxygen atoms in total. The second-order valence-electron chi connectivity index (χ2n) is 6.20. The zero-order valence-electron chi connectivity index (χ0n) is 14.3. The first kappa shape index (κ1) is 17.2. The third-order valence-corrected chi connectivity index (χ3v) is 4.31. The zero-order chi connectivity index (χ0) is 17.6. The van der Waals surface area contributed by atoms with E-state index in [2.05, 4.69) is 22.5 Å². The third-order valence-electron chi connectivity index (χ3n) is 4.31. The number of amides is 2. The zero-order valence-corrected chi connectivity index (χ0v) is 14.3. The number of nitrogens with zero attached hydrogens (tertiary/aromatic N) is 1. The molecule has 2 aromatic rings. The van der Waals surface area contributed by atoms with E-state index in [4.69, 9.17) is 4.42 Å². The Hall–Kier alpha value is -2.60. The Morgan fingerprint density at radius 2 is 2.00 bits per heavy atom. The Morgan fingerprint density at radius 1 is 1.20 bits per heavy atom. The van der Waals surface area contributed by atoms with Crippen LogP contribution in [0.25, 0.3) is 0 Å². The van der Waals surface area contributed by atoms with Crippen molar-refractivity contribution in [1.82, 2.24) is 4.90 Å². The van der Waals surface area contributed by atoms with Crippen molar-refractivity contribution in [3.63, 3.8) is 0 Å². The summed E-state index contributed by atoms with van der Waals surface area (Å²) in [6.45, 7) is 4.04. The van der Waals surface area contributed by atoms with Crippen molar-refractivity contribution in [3.8, 4) is 0 Å². The lowest BCUT2D eigenvalue weighted by Crippen LogP contribution is -2.39. The topological polar surface area (TPSA) is 74.6 Å². The summed E-state index contributed by atoms with van der Waals surface area (Å²) in [7, 11) is 0. The van der Waals surface area contributed by atoms with Crippen molar-refractivity contribution in [2.75, 3.05) is 23.7 Å². The maximum absolute atomic E-state index is 12.6. The van der Waals surface area contributed by atoms with Crippen LogP contribution in [-0.2, 0) is 4.79 Å². The molecule has 0 unspecified atom stereocenters. The van der Waals surface area contributed by atoms with E-state index in [9.17, 15) is 9.59 Å². The molecule has 25 heavy (non-hydrogen) atoms. The van der Waals surface area contributed by atoms with Gasteiger partial charge in [0.25, 0.3) is 5.91 Å². The number of hydrogen-bond donors (Lipinski definition) is 2. The van der Waals surface area contributed by atoms with Gasteiger partial charge in [-0.2, -0.15) is 0 Å². The van der Waals surface area contributed by atoms with E-state index >= 15 is 0 Å². The third kappa shape index (κ3) is 4.28. The smallest absolute Gasteiger partial charge is 0.291 e. The van der Waals surface area contributed by atoms with E-state index in [1.165, 1.54) is 6.26 Å². The minimum atomic E-state index is -0.321. The molecule has 1 saturated heterocycles. The molecule has 3 rings (SSSR count).